The maximum absolute atomic E-state index is 10.8. The molecule has 16 heavy (non-hydrogen) atoms. The SMILES string of the molecule is CCc1ccc(OCC(C)=O)c([N+](=O)[O-])c1. The Morgan fingerprint density at radius 2 is 2.19 bits per heavy atom. The lowest BCUT2D eigenvalue weighted by atomic mass is 10.1. The normalized spacial score (nSPS) is 9.88. The average molecular weight is 223 g/mol. The van der Waals surface area contributed by atoms with Crippen LogP contribution in [-0.2, 0) is 11.2 Å². The van der Waals surface area contributed by atoms with Crippen LogP contribution in [-0.4, -0.2) is 17.3 Å². The summed E-state index contributed by atoms with van der Waals surface area (Å²) >= 11 is 0. The Morgan fingerprint density at radius 1 is 1.50 bits per heavy atom. The molecule has 0 saturated heterocycles. The summed E-state index contributed by atoms with van der Waals surface area (Å²) in [4.78, 5) is 21.0. The first-order valence-corrected chi connectivity index (χ1v) is 4.94. The fourth-order valence-electron chi connectivity index (χ4n) is 1.23. The topological polar surface area (TPSA) is 69.4 Å². The number of ketones is 1. The van der Waals surface area contributed by atoms with Gasteiger partial charge in [-0.1, -0.05) is 13.0 Å². The minimum Gasteiger partial charge on any atom is -0.479 e. The summed E-state index contributed by atoms with van der Waals surface area (Å²) < 4.78 is 5.07. The maximum Gasteiger partial charge on any atom is 0.311 e. The van der Waals surface area contributed by atoms with Crippen molar-refractivity contribution in [1.82, 2.24) is 0 Å². The number of hydrogen-bond acceptors (Lipinski definition) is 4. The van der Waals surface area contributed by atoms with Gasteiger partial charge < -0.3 is 4.74 Å². The molecule has 0 aliphatic carbocycles. The summed E-state index contributed by atoms with van der Waals surface area (Å²) in [5.41, 5.74) is 0.766. The van der Waals surface area contributed by atoms with E-state index in [0.29, 0.717) is 6.42 Å². The van der Waals surface area contributed by atoms with E-state index < -0.39 is 4.92 Å². The van der Waals surface area contributed by atoms with Crippen LogP contribution in [0, 0.1) is 10.1 Å². The van der Waals surface area contributed by atoms with Gasteiger partial charge >= 0.3 is 5.69 Å². The third kappa shape index (κ3) is 3.05. The number of carbonyl (C=O) groups is 1. The van der Waals surface area contributed by atoms with E-state index >= 15 is 0 Å². The first kappa shape index (κ1) is 12.2. The second-order valence-corrected chi connectivity index (χ2v) is 3.40. The molecule has 0 fully saturated rings. The second-order valence-electron chi connectivity index (χ2n) is 3.40. The number of rotatable bonds is 5. The molecule has 1 aromatic rings. The summed E-state index contributed by atoms with van der Waals surface area (Å²) in [6.45, 7) is 3.13. The molecule has 0 atom stereocenters. The van der Waals surface area contributed by atoms with Gasteiger partial charge in [0.05, 0.1) is 4.92 Å². The molecule has 0 aliphatic rings. The van der Waals surface area contributed by atoms with E-state index in [0.717, 1.165) is 5.56 Å². The predicted molar refractivity (Wildman–Crippen MR) is 58.7 cm³/mol. The number of Topliss-reactive ketones (excluding diaryl/α,β-unsaturated/α-hetero) is 1. The van der Waals surface area contributed by atoms with Crippen molar-refractivity contribution in [2.75, 3.05) is 6.61 Å². The van der Waals surface area contributed by atoms with Crippen molar-refractivity contribution in [3.8, 4) is 5.75 Å². The molecule has 0 radical (unpaired) electrons. The predicted octanol–water partition coefficient (Wildman–Crippen LogP) is 2.12. The van der Waals surface area contributed by atoms with E-state index in [9.17, 15) is 14.9 Å². The number of benzene rings is 1. The van der Waals surface area contributed by atoms with Crippen molar-refractivity contribution in [1.29, 1.82) is 0 Å². The van der Waals surface area contributed by atoms with Gasteiger partial charge in [-0.15, -0.1) is 0 Å². The van der Waals surface area contributed by atoms with Gasteiger partial charge in [0.1, 0.15) is 6.61 Å². The number of nitrogens with zero attached hydrogens (tertiary/aromatic N) is 1. The summed E-state index contributed by atoms with van der Waals surface area (Å²) in [5, 5.41) is 10.8. The van der Waals surface area contributed by atoms with E-state index in [2.05, 4.69) is 0 Å². The number of nitro groups is 1. The molecule has 5 heteroatoms. The van der Waals surface area contributed by atoms with E-state index in [1.165, 1.54) is 19.1 Å². The van der Waals surface area contributed by atoms with E-state index in [1.807, 2.05) is 6.92 Å². The molecule has 0 aromatic heterocycles. The fraction of sp³-hybridized carbons (Fsp3) is 0.364. The zero-order valence-electron chi connectivity index (χ0n) is 9.23. The van der Waals surface area contributed by atoms with Crippen LogP contribution in [0.3, 0.4) is 0 Å². The van der Waals surface area contributed by atoms with Crippen molar-refractivity contribution in [3.05, 3.63) is 33.9 Å². The molecule has 0 amide bonds. The monoisotopic (exact) mass is 223 g/mol. The Balaban J connectivity index is 2.98. The van der Waals surface area contributed by atoms with E-state index in [4.69, 9.17) is 4.74 Å². The lowest BCUT2D eigenvalue weighted by molar-refractivity contribution is -0.385. The first-order chi connectivity index (χ1) is 7.54. The molecule has 0 bridgehead atoms. The zero-order valence-corrected chi connectivity index (χ0v) is 9.23. The molecule has 0 spiro atoms. The Hall–Kier alpha value is -1.91. The number of carbonyl (C=O) groups excluding carboxylic acids is 1. The lowest BCUT2D eigenvalue weighted by Gasteiger charge is -2.05. The van der Waals surface area contributed by atoms with Crippen LogP contribution >= 0.6 is 0 Å². The molecule has 0 unspecified atom stereocenters. The molecule has 0 aliphatic heterocycles. The molecular weight excluding hydrogens is 210 g/mol. The highest BCUT2D eigenvalue weighted by molar-refractivity contribution is 5.77. The lowest BCUT2D eigenvalue weighted by Crippen LogP contribution is -2.08. The van der Waals surface area contributed by atoms with Crippen LogP contribution in [0.1, 0.15) is 19.4 Å². The van der Waals surface area contributed by atoms with Crippen molar-refractivity contribution in [2.45, 2.75) is 20.3 Å². The molecule has 0 saturated carbocycles. The van der Waals surface area contributed by atoms with Crippen LogP contribution in [0.5, 0.6) is 5.75 Å². The number of nitro benzene ring substituents is 1. The molecule has 0 N–H and O–H groups in total. The number of hydrogen-bond donors (Lipinski definition) is 0. The largest absolute Gasteiger partial charge is 0.479 e. The summed E-state index contributed by atoms with van der Waals surface area (Å²) in [7, 11) is 0. The van der Waals surface area contributed by atoms with Crippen LogP contribution in [0.4, 0.5) is 5.69 Å². The van der Waals surface area contributed by atoms with Gasteiger partial charge in [0, 0.05) is 6.07 Å². The van der Waals surface area contributed by atoms with E-state index in [-0.39, 0.29) is 23.8 Å². The van der Waals surface area contributed by atoms with Crippen LogP contribution in [0.25, 0.3) is 0 Å². The van der Waals surface area contributed by atoms with Gasteiger partial charge in [-0.05, 0) is 25.0 Å². The molecule has 0 heterocycles. The second kappa shape index (κ2) is 5.25. The highest BCUT2D eigenvalue weighted by atomic mass is 16.6. The number of aryl methyl sites for hydroxylation is 1. The zero-order chi connectivity index (χ0) is 12.1. The Bertz CT molecular complexity index is 414. The number of ether oxygens (including phenoxy) is 1. The smallest absolute Gasteiger partial charge is 0.311 e. The molecule has 5 nitrogen and oxygen atoms in total. The molecule has 86 valence electrons. The minimum atomic E-state index is -0.505. The summed E-state index contributed by atoms with van der Waals surface area (Å²) in [6, 6.07) is 4.75. The van der Waals surface area contributed by atoms with Gasteiger partial charge in [-0.3, -0.25) is 14.9 Å². The highest BCUT2D eigenvalue weighted by Gasteiger charge is 2.15. The molecule has 1 aromatic carbocycles. The third-order valence-corrected chi connectivity index (χ3v) is 2.06. The van der Waals surface area contributed by atoms with Crippen molar-refractivity contribution in [3.63, 3.8) is 0 Å². The van der Waals surface area contributed by atoms with Crippen molar-refractivity contribution >= 4 is 11.5 Å². The van der Waals surface area contributed by atoms with E-state index in [1.54, 1.807) is 6.07 Å². The summed E-state index contributed by atoms with van der Waals surface area (Å²) in [5.74, 6) is -0.0359. The Kier molecular flexibility index (Phi) is 3.99. The third-order valence-electron chi connectivity index (χ3n) is 2.06. The van der Waals surface area contributed by atoms with Gasteiger partial charge in [-0.25, -0.2) is 0 Å². The minimum absolute atomic E-state index is 0.0967. The Morgan fingerprint density at radius 3 is 2.69 bits per heavy atom. The first-order valence-electron chi connectivity index (χ1n) is 4.94. The van der Waals surface area contributed by atoms with Crippen LogP contribution in [0.2, 0.25) is 0 Å². The fourth-order valence-corrected chi connectivity index (χ4v) is 1.23. The summed E-state index contributed by atoms with van der Waals surface area (Å²) in [6.07, 6.45) is 0.716. The standard InChI is InChI=1S/C11H13NO4/c1-3-9-4-5-11(16-7-8(2)13)10(6-9)12(14)15/h4-6H,3,7H2,1-2H3. The molecular formula is C11H13NO4. The van der Waals surface area contributed by atoms with Crippen LogP contribution in [0.15, 0.2) is 18.2 Å². The van der Waals surface area contributed by atoms with Crippen molar-refractivity contribution < 1.29 is 14.5 Å². The average Bonchev–Trinajstić information content (AvgIpc) is 2.25. The van der Waals surface area contributed by atoms with Gasteiger partial charge in [0.25, 0.3) is 0 Å². The van der Waals surface area contributed by atoms with Gasteiger partial charge in [0.2, 0.25) is 0 Å². The molecule has 1 rings (SSSR count). The maximum atomic E-state index is 10.8. The Labute approximate surface area is 93.2 Å². The quantitative estimate of drug-likeness (QED) is 0.566. The van der Waals surface area contributed by atoms with Gasteiger partial charge in [-0.2, -0.15) is 0 Å². The van der Waals surface area contributed by atoms with Crippen molar-refractivity contribution in [2.24, 2.45) is 0 Å². The van der Waals surface area contributed by atoms with Crippen LogP contribution < -0.4 is 4.74 Å². The van der Waals surface area contributed by atoms with Gasteiger partial charge in [0.15, 0.2) is 11.5 Å². The highest BCUT2D eigenvalue weighted by Crippen LogP contribution is 2.28.